The summed E-state index contributed by atoms with van der Waals surface area (Å²) in [6.45, 7) is 10.3. The maximum atomic E-state index is 14.5. The summed E-state index contributed by atoms with van der Waals surface area (Å²) in [5, 5.41) is 0.357. The van der Waals surface area contributed by atoms with Crippen molar-refractivity contribution in [2.24, 2.45) is 0 Å². The first kappa shape index (κ1) is 29.8. The molecule has 0 radical (unpaired) electrons. The van der Waals surface area contributed by atoms with Gasteiger partial charge >= 0.3 is 5.69 Å². The Morgan fingerprint density at radius 3 is 2.50 bits per heavy atom. The standard InChI is InChI=1S/C31H38N4O6S/c1-19(2)41-23(21-12-8-9-13-22(21)39-6)18-34-28-24(20(3)25(42-28)26-32-14-17-40-26)27(36)35(30(34)38)31(4,5)29(37)33-15-10-7-11-16-33/h8-9,12-14,17,19,23H,7,10-11,15-16,18H2,1-6H3. The minimum Gasteiger partial charge on any atom is -0.496 e. The number of hydrogen-bond acceptors (Lipinski definition) is 8. The minimum atomic E-state index is -1.42. The quantitative estimate of drug-likeness (QED) is 0.265. The van der Waals surface area contributed by atoms with Crippen molar-refractivity contribution in [3.63, 3.8) is 0 Å². The first-order valence-electron chi connectivity index (χ1n) is 14.3. The van der Waals surface area contributed by atoms with E-state index in [2.05, 4.69) is 4.98 Å². The molecule has 1 saturated heterocycles. The number of amides is 1. The number of methoxy groups -OCH3 is 1. The van der Waals surface area contributed by atoms with Crippen LogP contribution in [0.3, 0.4) is 0 Å². The zero-order valence-electron chi connectivity index (χ0n) is 25.0. The second kappa shape index (κ2) is 11.9. The third-order valence-corrected chi connectivity index (χ3v) is 9.14. The van der Waals surface area contributed by atoms with Crippen LogP contribution >= 0.6 is 11.3 Å². The van der Waals surface area contributed by atoms with E-state index in [0.29, 0.717) is 45.4 Å². The molecule has 5 rings (SSSR count). The Bertz CT molecular complexity index is 1690. The number of fused-ring (bicyclic) bond motifs is 1. The van der Waals surface area contributed by atoms with Gasteiger partial charge in [-0.15, -0.1) is 11.3 Å². The van der Waals surface area contributed by atoms with E-state index >= 15 is 0 Å². The maximum Gasteiger partial charge on any atom is 0.333 e. The normalized spacial score (nSPS) is 15.0. The molecule has 4 heterocycles. The lowest BCUT2D eigenvalue weighted by molar-refractivity contribution is -0.140. The van der Waals surface area contributed by atoms with E-state index in [1.165, 1.54) is 17.6 Å². The number of nitrogens with zero attached hydrogens (tertiary/aromatic N) is 4. The summed E-state index contributed by atoms with van der Waals surface area (Å²) in [5.74, 6) is 0.749. The number of rotatable bonds is 9. The van der Waals surface area contributed by atoms with Crippen LogP contribution in [0.5, 0.6) is 5.75 Å². The number of piperidine rings is 1. The van der Waals surface area contributed by atoms with Gasteiger partial charge in [-0.05, 0) is 65.5 Å². The number of para-hydroxylation sites is 1. The molecule has 1 aromatic carbocycles. The van der Waals surface area contributed by atoms with Crippen LogP contribution in [0, 0.1) is 6.92 Å². The monoisotopic (exact) mass is 594 g/mol. The summed E-state index contributed by atoms with van der Waals surface area (Å²) in [6.07, 6.45) is 5.12. The van der Waals surface area contributed by atoms with Gasteiger partial charge in [0.05, 0.1) is 36.2 Å². The number of benzene rings is 1. The number of ether oxygens (including phenoxy) is 2. The van der Waals surface area contributed by atoms with Crippen LogP contribution in [0.25, 0.3) is 21.0 Å². The molecule has 4 aromatic rings. The molecule has 42 heavy (non-hydrogen) atoms. The van der Waals surface area contributed by atoms with E-state index in [-0.39, 0.29) is 18.6 Å². The van der Waals surface area contributed by atoms with Crippen molar-refractivity contribution >= 4 is 27.5 Å². The zero-order valence-corrected chi connectivity index (χ0v) is 25.8. The molecule has 0 aliphatic carbocycles. The zero-order chi connectivity index (χ0) is 30.2. The molecule has 1 fully saturated rings. The molecule has 0 saturated carbocycles. The van der Waals surface area contributed by atoms with Crippen molar-refractivity contribution in [1.29, 1.82) is 0 Å². The van der Waals surface area contributed by atoms with Crippen LogP contribution in [-0.2, 0) is 21.6 Å². The van der Waals surface area contributed by atoms with E-state index in [1.807, 2.05) is 45.0 Å². The Labute approximate surface area is 248 Å². The van der Waals surface area contributed by atoms with Crippen molar-refractivity contribution in [1.82, 2.24) is 19.0 Å². The minimum absolute atomic E-state index is 0.0904. The van der Waals surface area contributed by atoms with Gasteiger partial charge in [-0.1, -0.05) is 18.2 Å². The molecule has 0 spiro atoms. The first-order chi connectivity index (χ1) is 20.1. The highest BCUT2D eigenvalue weighted by atomic mass is 32.1. The number of likely N-dealkylation sites (tertiary alicyclic amines) is 1. The fourth-order valence-electron chi connectivity index (χ4n) is 5.76. The molecule has 0 bridgehead atoms. The van der Waals surface area contributed by atoms with Gasteiger partial charge in [-0.25, -0.2) is 14.3 Å². The fourth-order valence-corrected chi connectivity index (χ4v) is 7.00. The fraction of sp³-hybridized carbons (Fsp3) is 0.484. The van der Waals surface area contributed by atoms with Crippen LogP contribution in [0.4, 0.5) is 0 Å². The van der Waals surface area contributed by atoms with Crippen molar-refractivity contribution < 1.29 is 18.7 Å². The third kappa shape index (κ3) is 5.31. The van der Waals surface area contributed by atoms with Crippen LogP contribution in [0.15, 0.2) is 50.7 Å². The van der Waals surface area contributed by atoms with E-state index in [0.717, 1.165) is 29.4 Å². The van der Waals surface area contributed by atoms with Crippen molar-refractivity contribution in [2.45, 2.75) is 78.2 Å². The number of carbonyl (C=O) groups is 1. The molecule has 3 aromatic heterocycles. The highest BCUT2D eigenvalue weighted by Crippen LogP contribution is 2.37. The van der Waals surface area contributed by atoms with Crippen LogP contribution < -0.4 is 16.0 Å². The molecule has 11 heteroatoms. The number of aryl methyl sites for hydroxylation is 1. The van der Waals surface area contributed by atoms with Crippen LogP contribution in [0.1, 0.15) is 64.2 Å². The molecule has 224 valence electrons. The third-order valence-electron chi connectivity index (χ3n) is 7.84. The molecule has 0 N–H and O–H groups in total. The smallest absolute Gasteiger partial charge is 0.333 e. The lowest BCUT2D eigenvalue weighted by Crippen LogP contribution is -2.57. The molecular weight excluding hydrogens is 556 g/mol. The van der Waals surface area contributed by atoms with Crippen LogP contribution in [-0.4, -0.2) is 51.2 Å². The Morgan fingerprint density at radius 1 is 1.14 bits per heavy atom. The second-order valence-corrected chi connectivity index (χ2v) is 12.4. The summed E-state index contributed by atoms with van der Waals surface area (Å²) >= 11 is 1.27. The number of carbonyl (C=O) groups excluding carboxylic acids is 1. The summed E-state index contributed by atoms with van der Waals surface area (Å²) in [6, 6.07) is 7.52. The number of oxazole rings is 1. The molecule has 10 nitrogen and oxygen atoms in total. The van der Waals surface area contributed by atoms with Gasteiger partial charge in [0.2, 0.25) is 11.8 Å². The summed E-state index contributed by atoms with van der Waals surface area (Å²) in [7, 11) is 1.59. The number of thiophene rings is 1. The first-order valence-corrected chi connectivity index (χ1v) is 15.1. The van der Waals surface area contributed by atoms with E-state index < -0.39 is 22.9 Å². The Balaban J connectivity index is 1.76. The van der Waals surface area contributed by atoms with Gasteiger partial charge < -0.3 is 18.8 Å². The maximum absolute atomic E-state index is 14.5. The Morgan fingerprint density at radius 2 is 1.86 bits per heavy atom. The predicted octanol–water partition coefficient (Wildman–Crippen LogP) is 5.11. The van der Waals surface area contributed by atoms with Crippen molar-refractivity contribution in [2.75, 3.05) is 20.2 Å². The van der Waals surface area contributed by atoms with E-state index in [9.17, 15) is 14.4 Å². The largest absolute Gasteiger partial charge is 0.496 e. The topological polar surface area (TPSA) is 109 Å². The lowest BCUT2D eigenvalue weighted by atomic mass is 10.00. The number of hydrogen-bond donors (Lipinski definition) is 0. The highest BCUT2D eigenvalue weighted by molar-refractivity contribution is 7.22. The molecule has 1 amide bonds. The molecular formula is C31H38N4O6S. The van der Waals surface area contributed by atoms with Crippen molar-refractivity contribution in [3.8, 4) is 16.5 Å². The van der Waals surface area contributed by atoms with E-state index in [4.69, 9.17) is 13.9 Å². The highest BCUT2D eigenvalue weighted by Gasteiger charge is 2.39. The van der Waals surface area contributed by atoms with Crippen LogP contribution in [0.2, 0.25) is 0 Å². The average Bonchev–Trinajstić information content (AvgIpc) is 3.62. The summed E-state index contributed by atoms with van der Waals surface area (Å²) in [5.41, 5.74) is -1.08. The Hall–Kier alpha value is -3.70. The Kier molecular flexibility index (Phi) is 8.43. The van der Waals surface area contributed by atoms with Gasteiger partial charge in [0.25, 0.3) is 5.56 Å². The van der Waals surface area contributed by atoms with E-state index in [1.54, 1.807) is 36.6 Å². The second-order valence-electron chi connectivity index (χ2n) is 11.4. The predicted molar refractivity (Wildman–Crippen MR) is 162 cm³/mol. The van der Waals surface area contributed by atoms with Gasteiger partial charge in [-0.3, -0.25) is 14.2 Å². The summed E-state index contributed by atoms with van der Waals surface area (Å²) < 4.78 is 20.3. The lowest BCUT2D eigenvalue weighted by Gasteiger charge is -2.35. The molecule has 1 unspecified atom stereocenters. The number of aromatic nitrogens is 3. The summed E-state index contributed by atoms with van der Waals surface area (Å²) in [4.78, 5) is 49.8. The van der Waals surface area contributed by atoms with Gasteiger partial charge in [0.15, 0.2) is 0 Å². The SMILES string of the molecule is COc1ccccc1C(Cn1c(=O)n(C(C)(C)C(=O)N2CCCCC2)c(=O)c2c(C)c(-c3ncco3)sc21)OC(C)C. The molecule has 1 atom stereocenters. The van der Waals surface area contributed by atoms with Gasteiger partial charge in [0, 0.05) is 18.7 Å². The van der Waals surface area contributed by atoms with Gasteiger partial charge in [-0.2, -0.15) is 0 Å². The average molecular weight is 595 g/mol. The molecule has 1 aliphatic heterocycles. The van der Waals surface area contributed by atoms with Crippen molar-refractivity contribution in [3.05, 3.63) is 68.7 Å². The molecule has 1 aliphatic rings. The van der Waals surface area contributed by atoms with Gasteiger partial charge in [0.1, 0.15) is 28.5 Å².